The summed E-state index contributed by atoms with van der Waals surface area (Å²) in [4.78, 5) is 41.9. The number of aliphatic carboxylic acids is 2. The molecule has 0 saturated heterocycles. The average Bonchev–Trinajstić information content (AvgIpc) is 2.99. The number of carboxylic acids is 2. The molecule has 146 valence electrons. The minimum atomic E-state index is -1.57. The smallest absolute Gasteiger partial charge is 0.326 e. The lowest BCUT2D eigenvalue weighted by Gasteiger charge is -2.12. The van der Waals surface area contributed by atoms with Gasteiger partial charge in [-0.2, -0.15) is 0 Å². The average molecular weight is 376 g/mol. The molecule has 0 aliphatic rings. The van der Waals surface area contributed by atoms with Crippen molar-refractivity contribution in [3.8, 4) is 0 Å². The van der Waals surface area contributed by atoms with E-state index in [1.165, 1.54) is 6.92 Å². The van der Waals surface area contributed by atoms with Gasteiger partial charge in [-0.05, 0) is 0 Å². The van der Waals surface area contributed by atoms with Gasteiger partial charge in [0.05, 0.1) is 19.6 Å². The predicted octanol–water partition coefficient (Wildman–Crippen LogP) is -2.72. The Labute approximate surface area is 146 Å². The van der Waals surface area contributed by atoms with E-state index < -0.39 is 43.1 Å². The molecule has 1 aromatic rings. The number of rotatable bonds is 8. The molecule has 0 saturated carbocycles. The van der Waals surface area contributed by atoms with Crippen molar-refractivity contribution in [1.82, 2.24) is 20.8 Å². The van der Waals surface area contributed by atoms with Crippen LogP contribution in [0, 0.1) is 0 Å². The molecule has 0 spiro atoms. The van der Waals surface area contributed by atoms with Crippen LogP contribution in [-0.2, 0) is 20.9 Å². The van der Waals surface area contributed by atoms with Gasteiger partial charge in [0.25, 0.3) is 0 Å². The molecule has 0 aliphatic carbocycles. The molecule has 3 amide bonds. The Balaban J connectivity index is 0.00000141. The number of urea groups is 1. The third-order valence-corrected chi connectivity index (χ3v) is 2.38. The minimum Gasteiger partial charge on any atom is -0.481 e. The maximum atomic E-state index is 11.5. The summed E-state index contributed by atoms with van der Waals surface area (Å²) in [6, 6.07) is -3.33. The van der Waals surface area contributed by atoms with E-state index in [-0.39, 0.29) is 24.2 Å². The molecule has 14 nitrogen and oxygen atoms in total. The monoisotopic (exact) mass is 376 g/mol. The van der Waals surface area contributed by atoms with Crippen LogP contribution in [0.1, 0.15) is 31.2 Å². The van der Waals surface area contributed by atoms with Crippen LogP contribution in [0.5, 0.6) is 0 Å². The van der Waals surface area contributed by atoms with Gasteiger partial charge in [-0.3, -0.25) is 9.59 Å². The Morgan fingerprint density at radius 1 is 1.23 bits per heavy atom. The Hall–Kier alpha value is -3.26. The highest BCUT2D eigenvalue weighted by molar-refractivity contribution is 5.86. The van der Waals surface area contributed by atoms with Crippen molar-refractivity contribution in [3.05, 3.63) is 11.8 Å². The zero-order chi connectivity index (χ0) is 20.3. The molecule has 26 heavy (non-hydrogen) atoms. The molecule has 0 fully saturated rings. The van der Waals surface area contributed by atoms with E-state index in [9.17, 15) is 19.2 Å². The van der Waals surface area contributed by atoms with Crippen molar-refractivity contribution in [1.29, 1.82) is 0 Å². The van der Waals surface area contributed by atoms with E-state index in [0.29, 0.717) is 0 Å². The summed E-state index contributed by atoms with van der Waals surface area (Å²) in [6.07, 6.45) is -0.765. The van der Waals surface area contributed by atoms with Gasteiger partial charge in [0.1, 0.15) is 12.1 Å². The van der Waals surface area contributed by atoms with Crippen molar-refractivity contribution >= 4 is 23.9 Å². The standard InChI is InChI=1S/C10H15N5O7.C2H5NO/c11-4(3-16)8-15-14-6(22-8)2-12-10(21)13-5(9(19)20)1-7(17)18;1-2(3)4/h4-5,16H,1-3,11H2,(H,17,18)(H,19,20)(H2,12,13,21);1H3,(H2,3,4)/t4?,5-;/m0./s1. The molecule has 1 rings (SSSR count). The lowest BCUT2D eigenvalue weighted by atomic mass is 10.2. The van der Waals surface area contributed by atoms with Crippen molar-refractivity contribution in [2.45, 2.75) is 32.0 Å². The number of nitrogens with one attached hydrogen (secondary N) is 2. The quantitative estimate of drug-likeness (QED) is 0.245. The maximum absolute atomic E-state index is 11.5. The maximum Gasteiger partial charge on any atom is 0.326 e. The number of hydrogen-bond donors (Lipinski definition) is 7. The summed E-state index contributed by atoms with van der Waals surface area (Å²) in [5.74, 6) is -3.22. The number of carbonyl (C=O) groups is 4. The van der Waals surface area contributed by atoms with Crippen LogP contribution in [0.15, 0.2) is 4.42 Å². The molecule has 14 heteroatoms. The number of aliphatic hydroxyl groups is 1. The molecule has 1 unspecified atom stereocenters. The molecule has 0 aromatic carbocycles. The van der Waals surface area contributed by atoms with Gasteiger partial charge in [0.15, 0.2) is 0 Å². The Bertz CT molecular complexity index is 629. The fourth-order valence-corrected chi connectivity index (χ4v) is 1.31. The van der Waals surface area contributed by atoms with Gasteiger partial charge in [0, 0.05) is 6.92 Å². The first-order chi connectivity index (χ1) is 12.1. The zero-order valence-corrected chi connectivity index (χ0v) is 13.7. The van der Waals surface area contributed by atoms with Gasteiger partial charge < -0.3 is 41.8 Å². The van der Waals surface area contributed by atoms with Gasteiger partial charge in [0.2, 0.25) is 17.7 Å². The van der Waals surface area contributed by atoms with Crippen LogP contribution in [0.3, 0.4) is 0 Å². The first kappa shape index (κ1) is 22.7. The fourth-order valence-electron chi connectivity index (χ4n) is 1.31. The minimum absolute atomic E-state index is 0.0147. The molecule has 1 heterocycles. The van der Waals surface area contributed by atoms with Gasteiger partial charge in [-0.25, -0.2) is 9.59 Å². The first-order valence-electron chi connectivity index (χ1n) is 7.00. The third-order valence-electron chi connectivity index (χ3n) is 2.38. The Morgan fingerprint density at radius 2 is 1.81 bits per heavy atom. The number of amides is 3. The highest BCUT2D eigenvalue weighted by Gasteiger charge is 2.23. The number of hydrogen-bond acceptors (Lipinski definition) is 9. The lowest BCUT2D eigenvalue weighted by Crippen LogP contribution is -2.46. The molecule has 1 aromatic heterocycles. The summed E-state index contributed by atoms with van der Waals surface area (Å²) >= 11 is 0. The zero-order valence-electron chi connectivity index (χ0n) is 13.7. The first-order valence-corrected chi connectivity index (χ1v) is 7.00. The highest BCUT2D eigenvalue weighted by Crippen LogP contribution is 2.07. The van der Waals surface area contributed by atoms with Crippen molar-refractivity contribution in [2.24, 2.45) is 11.5 Å². The Morgan fingerprint density at radius 3 is 2.27 bits per heavy atom. The fraction of sp³-hybridized carbons (Fsp3) is 0.500. The number of carbonyl (C=O) groups excluding carboxylic acids is 2. The predicted molar refractivity (Wildman–Crippen MR) is 82.2 cm³/mol. The molecular formula is C12H20N6O8. The number of aliphatic hydroxyl groups excluding tert-OH is 1. The van der Waals surface area contributed by atoms with E-state index in [2.05, 4.69) is 21.2 Å². The lowest BCUT2D eigenvalue weighted by molar-refractivity contribution is -0.145. The second kappa shape index (κ2) is 11.3. The normalized spacial score (nSPS) is 12.1. The highest BCUT2D eigenvalue weighted by atomic mass is 16.4. The van der Waals surface area contributed by atoms with Gasteiger partial charge >= 0.3 is 18.0 Å². The van der Waals surface area contributed by atoms with Crippen LogP contribution < -0.4 is 22.1 Å². The van der Waals surface area contributed by atoms with E-state index in [1.807, 2.05) is 5.32 Å². The number of primary amides is 1. The Kier molecular flexibility index (Phi) is 9.90. The van der Waals surface area contributed by atoms with Crippen LogP contribution in [-0.4, -0.2) is 62.0 Å². The summed E-state index contributed by atoms with van der Waals surface area (Å²) in [5.41, 5.74) is 9.91. The molecule has 2 atom stereocenters. The van der Waals surface area contributed by atoms with E-state index in [4.69, 9.17) is 25.5 Å². The van der Waals surface area contributed by atoms with Crippen molar-refractivity contribution in [2.75, 3.05) is 6.61 Å². The second-order valence-electron chi connectivity index (χ2n) is 4.75. The van der Waals surface area contributed by atoms with E-state index in [0.717, 1.165) is 0 Å². The summed E-state index contributed by atoms with van der Waals surface area (Å²) in [5, 5.41) is 37.4. The van der Waals surface area contributed by atoms with Gasteiger partial charge in [-0.1, -0.05) is 0 Å². The summed E-state index contributed by atoms with van der Waals surface area (Å²) in [6.45, 7) is 0.682. The number of nitrogens with zero attached hydrogens (tertiary/aromatic N) is 2. The van der Waals surface area contributed by atoms with E-state index in [1.54, 1.807) is 0 Å². The summed E-state index contributed by atoms with van der Waals surface area (Å²) < 4.78 is 5.04. The molecular weight excluding hydrogens is 356 g/mol. The van der Waals surface area contributed by atoms with Crippen LogP contribution in [0.4, 0.5) is 4.79 Å². The number of aromatic nitrogens is 2. The second-order valence-corrected chi connectivity index (χ2v) is 4.75. The van der Waals surface area contributed by atoms with E-state index >= 15 is 0 Å². The van der Waals surface area contributed by atoms with Crippen LogP contribution >= 0.6 is 0 Å². The number of carboxylic acid groups (broad SMARTS) is 2. The van der Waals surface area contributed by atoms with Gasteiger partial charge in [-0.15, -0.1) is 10.2 Å². The van der Waals surface area contributed by atoms with Crippen LogP contribution in [0.25, 0.3) is 0 Å². The molecule has 0 radical (unpaired) electrons. The SMILES string of the molecule is CC(N)=O.NC(CO)c1nnc(CNC(=O)N[C@@H](CC(=O)O)C(=O)O)o1. The molecule has 0 aliphatic heterocycles. The van der Waals surface area contributed by atoms with Crippen molar-refractivity contribution in [3.63, 3.8) is 0 Å². The molecule has 0 bridgehead atoms. The number of nitrogens with two attached hydrogens (primary N) is 2. The summed E-state index contributed by atoms with van der Waals surface area (Å²) in [7, 11) is 0. The largest absolute Gasteiger partial charge is 0.481 e. The molecule has 9 N–H and O–H groups in total. The van der Waals surface area contributed by atoms with Crippen LogP contribution in [0.2, 0.25) is 0 Å². The van der Waals surface area contributed by atoms with Crippen molar-refractivity contribution < 1.29 is 38.9 Å². The third kappa shape index (κ3) is 9.78. The topological polar surface area (TPSA) is 244 Å².